The van der Waals surface area contributed by atoms with Crippen molar-refractivity contribution in [3.63, 3.8) is 0 Å². The summed E-state index contributed by atoms with van der Waals surface area (Å²) < 4.78 is 0. The fraction of sp³-hybridized carbons (Fsp3) is 1.00. The molecule has 58 valence electrons. The summed E-state index contributed by atoms with van der Waals surface area (Å²) in [5.41, 5.74) is 0. The second kappa shape index (κ2) is 11.6. The second-order valence-corrected chi connectivity index (χ2v) is 6.27. The summed E-state index contributed by atoms with van der Waals surface area (Å²) in [5, 5.41) is 4.48. The van der Waals surface area contributed by atoms with E-state index in [9.17, 15) is 0 Å². The van der Waals surface area contributed by atoms with Crippen LogP contribution in [0.5, 0.6) is 0 Å². The lowest BCUT2D eigenvalue weighted by molar-refractivity contribution is 1.24. The van der Waals surface area contributed by atoms with Crippen LogP contribution in [0.15, 0.2) is 0 Å². The van der Waals surface area contributed by atoms with Crippen molar-refractivity contribution in [2.24, 2.45) is 0 Å². The lowest BCUT2D eigenvalue weighted by Gasteiger charge is -1.97. The van der Waals surface area contributed by atoms with E-state index >= 15 is 0 Å². The molecule has 0 aromatic carbocycles. The molecule has 9 heavy (non-hydrogen) atoms. The van der Waals surface area contributed by atoms with Gasteiger partial charge in [-0.1, -0.05) is 36.6 Å². The van der Waals surface area contributed by atoms with E-state index in [2.05, 4.69) is 20.8 Å². The van der Waals surface area contributed by atoms with Gasteiger partial charge in [-0.25, -0.2) is 0 Å². The molecule has 0 fully saturated rings. The van der Waals surface area contributed by atoms with E-state index in [0.717, 1.165) is 0 Å². The smallest absolute Gasteiger partial charge is 0.261 e. The first kappa shape index (κ1) is 16.4. The van der Waals surface area contributed by atoms with E-state index in [1.807, 2.05) is 0 Å². The summed E-state index contributed by atoms with van der Waals surface area (Å²) in [7, 11) is 0. The number of halogens is 1. The molecular weight excluding hydrogens is 149 g/mol. The first-order valence-electron chi connectivity index (χ1n) is 3.35. The molecule has 3 N–H and O–H groups in total. The molecule has 0 unspecified atom stereocenters. The Labute approximate surface area is 69.6 Å². The zero-order chi connectivity index (χ0) is 5.70. The Morgan fingerprint density at radius 1 is 0.889 bits per heavy atom. The summed E-state index contributed by atoms with van der Waals surface area (Å²) in [4.78, 5) is 0. The monoisotopic (exact) mass is 167 g/mol. The summed E-state index contributed by atoms with van der Waals surface area (Å²) >= 11 is -0.171. The largest absolute Gasteiger partial charge is 0.344 e. The molecule has 3 heteroatoms. The lowest BCUT2D eigenvalue weighted by atomic mass is 10.9. The molecule has 0 aliphatic carbocycles. The first-order chi connectivity index (χ1) is 3.35. The average Bonchev–Trinajstić information content (AvgIpc) is 1.72. The summed E-state index contributed by atoms with van der Waals surface area (Å²) in [5.74, 6) is 0. The standard InChI is InChI=1S/3C2H5.Al.ClH.H3N/c3*1-2;;;/h3*1H2,2H3;;1H;1H3. The molecule has 0 heterocycles. The molecule has 0 spiro atoms. The van der Waals surface area contributed by atoms with Crippen LogP contribution in [0, 0.1) is 0 Å². The summed E-state index contributed by atoms with van der Waals surface area (Å²) in [6.07, 6.45) is 0. The van der Waals surface area contributed by atoms with Gasteiger partial charge in [-0.05, 0) is 0 Å². The van der Waals surface area contributed by atoms with Crippen molar-refractivity contribution in [1.82, 2.24) is 6.15 Å². The minimum absolute atomic E-state index is 0. The van der Waals surface area contributed by atoms with Crippen molar-refractivity contribution in [3.05, 3.63) is 0 Å². The lowest BCUT2D eigenvalue weighted by Crippen LogP contribution is -2.04. The Morgan fingerprint density at radius 3 is 1.11 bits per heavy atom. The predicted octanol–water partition coefficient (Wildman–Crippen LogP) is 3.12. The van der Waals surface area contributed by atoms with Crippen molar-refractivity contribution >= 4 is 26.6 Å². The van der Waals surface area contributed by atoms with Gasteiger partial charge in [-0.2, -0.15) is 0 Å². The molecule has 0 aliphatic heterocycles. The van der Waals surface area contributed by atoms with Crippen molar-refractivity contribution in [2.75, 3.05) is 0 Å². The van der Waals surface area contributed by atoms with E-state index in [-0.39, 0.29) is 32.7 Å². The zero-order valence-corrected chi connectivity index (χ0v) is 8.79. The maximum Gasteiger partial charge on any atom is 0.261 e. The van der Waals surface area contributed by atoms with Gasteiger partial charge in [-0.15, -0.1) is 12.4 Å². The minimum atomic E-state index is -0.171. The molecule has 0 saturated heterocycles. The molecule has 0 aromatic heterocycles. The van der Waals surface area contributed by atoms with Gasteiger partial charge in [0.05, 0.1) is 0 Å². The highest BCUT2D eigenvalue weighted by Gasteiger charge is 2.05. The quantitative estimate of drug-likeness (QED) is 0.644. The van der Waals surface area contributed by atoms with Gasteiger partial charge >= 0.3 is 0 Å². The fourth-order valence-electron chi connectivity index (χ4n) is 0.866. The summed E-state index contributed by atoms with van der Waals surface area (Å²) in [6.45, 7) is 6.97. The first-order valence-corrected chi connectivity index (χ1v) is 5.80. The van der Waals surface area contributed by atoms with Crippen LogP contribution in [0.2, 0.25) is 15.8 Å². The highest BCUT2D eigenvalue weighted by Crippen LogP contribution is 2.01. The van der Waals surface area contributed by atoms with Crippen molar-refractivity contribution in [2.45, 2.75) is 36.6 Å². The third kappa shape index (κ3) is 8.78. The zero-order valence-electron chi connectivity index (χ0n) is 6.81. The molecule has 0 rings (SSSR count). The number of rotatable bonds is 3. The Morgan fingerprint density at radius 2 is 1.11 bits per heavy atom. The van der Waals surface area contributed by atoms with Crippen LogP contribution in [0.25, 0.3) is 0 Å². The van der Waals surface area contributed by atoms with E-state index in [1.54, 1.807) is 0 Å². The van der Waals surface area contributed by atoms with Gasteiger partial charge in [0.25, 0.3) is 14.1 Å². The molecule has 0 amide bonds. The van der Waals surface area contributed by atoms with Crippen LogP contribution in [-0.4, -0.2) is 14.1 Å². The SMILES string of the molecule is C[CH2][Al]([CH2]C)[CH2]C.Cl.N. The number of hydrogen-bond donors (Lipinski definition) is 1. The Bertz CT molecular complexity index is 34.5. The van der Waals surface area contributed by atoms with E-state index in [1.165, 1.54) is 15.8 Å². The summed E-state index contributed by atoms with van der Waals surface area (Å²) in [6, 6.07) is 0. The van der Waals surface area contributed by atoms with Crippen LogP contribution >= 0.6 is 12.4 Å². The Kier molecular flexibility index (Phi) is 21.1. The van der Waals surface area contributed by atoms with Crippen LogP contribution in [0.4, 0.5) is 0 Å². The molecule has 0 aromatic rings. The van der Waals surface area contributed by atoms with E-state index < -0.39 is 0 Å². The van der Waals surface area contributed by atoms with Crippen LogP contribution in [-0.2, 0) is 0 Å². The third-order valence-corrected chi connectivity index (χ3v) is 5.20. The van der Waals surface area contributed by atoms with Gasteiger partial charge in [0.1, 0.15) is 0 Å². The predicted molar refractivity (Wildman–Crippen MR) is 49.5 cm³/mol. The minimum Gasteiger partial charge on any atom is -0.344 e. The highest BCUT2D eigenvalue weighted by molar-refractivity contribution is 6.58. The van der Waals surface area contributed by atoms with Crippen molar-refractivity contribution in [3.8, 4) is 0 Å². The normalized spacial score (nSPS) is 7.00. The number of hydrogen-bond acceptors (Lipinski definition) is 1. The topological polar surface area (TPSA) is 35.0 Å². The molecule has 0 saturated carbocycles. The van der Waals surface area contributed by atoms with Gasteiger partial charge in [0.2, 0.25) is 0 Å². The van der Waals surface area contributed by atoms with Crippen molar-refractivity contribution in [1.29, 1.82) is 0 Å². The molecular formula is C6H19AlClN. The molecule has 0 aliphatic rings. The average molecular weight is 168 g/mol. The fourth-order valence-corrected chi connectivity index (χ4v) is 2.60. The van der Waals surface area contributed by atoms with E-state index in [4.69, 9.17) is 0 Å². The molecule has 0 atom stereocenters. The van der Waals surface area contributed by atoms with Crippen molar-refractivity contribution < 1.29 is 0 Å². The van der Waals surface area contributed by atoms with Crippen LogP contribution in [0.1, 0.15) is 20.8 Å². The maximum atomic E-state index is 2.32. The molecule has 0 radical (unpaired) electrons. The van der Waals surface area contributed by atoms with Gasteiger partial charge < -0.3 is 6.15 Å². The second-order valence-electron chi connectivity index (χ2n) is 2.09. The van der Waals surface area contributed by atoms with Gasteiger partial charge in [-0.3, -0.25) is 0 Å². The van der Waals surface area contributed by atoms with Gasteiger partial charge in [0, 0.05) is 0 Å². The van der Waals surface area contributed by atoms with Crippen LogP contribution < -0.4 is 6.15 Å². The molecule has 1 nitrogen and oxygen atoms in total. The molecule has 0 bridgehead atoms. The van der Waals surface area contributed by atoms with Gasteiger partial charge in [0.15, 0.2) is 0 Å². The third-order valence-electron chi connectivity index (χ3n) is 1.73. The Hall–Kier alpha value is 0.782. The van der Waals surface area contributed by atoms with Crippen LogP contribution in [0.3, 0.4) is 0 Å². The maximum absolute atomic E-state index is 2.32. The van der Waals surface area contributed by atoms with E-state index in [0.29, 0.717) is 0 Å². The Balaban J connectivity index is -0.000000180. The highest BCUT2D eigenvalue weighted by atomic mass is 35.5.